The standard InChI is InChI=1S/C15H14N4O.2ClH/c16-13-11-4-2-1-3-9(11)10-6-5-8(7-12(10)13)14(20)19-15(17)18;;/h1-7,13H,16H2,(H4,17,18,19,20);2*1H. The topological polar surface area (TPSA) is 107 Å². The Bertz CT molecular complexity index is 742. The fourth-order valence-electron chi connectivity index (χ4n) is 2.56. The van der Waals surface area contributed by atoms with Crippen molar-refractivity contribution < 1.29 is 4.79 Å². The molecule has 1 unspecified atom stereocenters. The van der Waals surface area contributed by atoms with Crippen LogP contribution in [0.4, 0.5) is 0 Å². The number of fused-ring (bicyclic) bond motifs is 3. The van der Waals surface area contributed by atoms with Crippen molar-refractivity contribution in [2.75, 3.05) is 0 Å². The van der Waals surface area contributed by atoms with Crippen LogP contribution in [0.15, 0.2) is 47.5 Å². The van der Waals surface area contributed by atoms with Gasteiger partial charge in [0.2, 0.25) is 0 Å². The van der Waals surface area contributed by atoms with Crippen LogP contribution in [0.5, 0.6) is 0 Å². The minimum absolute atomic E-state index is 0. The number of nitrogens with zero attached hydrogens (tertiary/aromatic N) is 1. The van der Waals surface area contributed by atoms with Crippen LogP contribution >= 0.6 is 24.8 Å². The summed E-state index contributed by atoms with van der Waals surface area (Å²) in [6.45, 7) is 0. The fourth-order valence-corrected chi connectivity index (χ4v) is 2.56. The summed E-state index contributed by atoms with van der Waals surface area (Å²) >= 11 is 0. The molecule has 3 rings (SSSR count). The van der Waals surface area contributed by atoms with Crippen LogP contribution in [-0.4, -0.2) is 11.9 Å². The molecule has 0 radical (unpaired) electrons. The average Bonchev–Trinajstić information content (AvgIpc) is 2.72. The molecule has 0 fully saturated rings. The number of nitrogens with two attached hydrogens (primary N) is 3. The summed E-state index contributed by atoms with van der Waals surface area (Å²) in [6, 6.07) is 13.1. The number of guanidine groups is 1. The van der Waals surface area contributed by atoms with Gasteiger partial charge in [0.15, 0.2) is 5.96 Å². The van der Waals surface area contributed by atoms with E-state index in [9.17, 15) is 4.79 Å². The molecule has 22 heavy (non-hydrogen) atoms. The third-order valence-electron chi connectivity index (χ3n) is 3.45. The lowest BCUT2D eigenvalue weighted by atomic mass is 10.0. The number of amides is 1. The van der Waals surface area contributed by atoms with Crippen LogP contribution in [-0.2, 0) is 0 Å². The van der Waals surface area contributed by atoms with Gasteiger partial charge >= 0.3 is 0 Å². The van der Waals surface area contributed by atoms with Gasteiger partial charge in [0.05, 0.1) is 6.04 Å². The highest BCUT2D eigenvalue weighted by molar-refractivity contribution is 6.02. The molecule has 0 spiro atoms. The second kappa shape index (κ2) is 6.79. The fraction of sp³-hybridized carbons (Fsp3) is 0.0667. The van der Waals surface area contributed by atoms with Crippen LogP contribution in [0.3, 0.4) is 0 Å². The lowest BCUT2D eigenvalue weighted by molar-refractivity contribution is 0.100. The minimum Gasteiger partial charge on any atom is -0.370 e. The predicted octanol–water partition coefficient (Wildman–Crippen LogP) is 1.97. The molecule has 7 heteroatoms. The zero-order valence-corrected chi connectivity index (χ0v) is 13.2. The lowest BCUT2D eigenvalue weighted by Crippen LogP contribution is -2.24. The number of aliphatic imine (C=N–C) groups is 1. The summed E-state index contributed by atoms with van der Waals surface area (Å²) in [5.41, 5.74) is 21.2. The van der Waals surface area contributed by atoms with Crippen LogP contribution in [0, 0.1) is 0 Å². The molecule has 6 N–H and O–H groups in total. The number of hydrogen-bond acceptors (Lipinski definition) is 2. The number of benzene rings is 2. The normalized spacial score (nSPS) is 14.0. The molecule has 0 heterocycles. The highest BCUT2D eigenvalue weighted by atomic mass is 35.5. The Balaban J connectivity index is 0.00000121. The Morgan fingerprint density at radius 1 is 0.955 bits per heavy atom. The Morgan fingerprint density at radius 2 is 1.59 bits per heavy atom. The van der Waals surface area contributed by atoms with Crippen LogP contribution in [0.25, 0.3) is 11.1 Å². The highest BCUT2D eigenvalue weighted by Crippen LogP contribution is 2.42. The first kappa shape index (κ1) is 18.0. The van der Waals surface area contributed by atoms with Crippen molar-refractivity contribution in [2.24, 2.45) is 22.2 Å². The Morgan fingerprint density at radius 3 is 2.27 bits per heavy atom. The number of carbonyl (C=O) groups excluding carboxylic acids is 1. The number of rotatable bonds is 1. The quantitative estimate of drug-likeness (QED) is 0.545. The first-order valence-electron chi connectivity index (χ1n) is 6.20. The van der Waals surface area contributed by atoms with Crippen molar-refractivity contribution in [1.82, 2.24) is 0 Å². The summed E-state index contributed by atoms with van der Waals surface area (Å²) in [6.07, 6.45) is 0. The molecule has 116 valence electrons. The maximum atomic E-state index is 11.8. The van der Waals surface area contributed by atoms with Gasteiger partial charge in [-0.15, -0.1) is 24.8 Å². The van der Waals surface area contributed by atoms with E-state index in [1.807, 2.05) is 30.3 Å². The van der Waals surface area contributed by atoms with Crippen molar-refractivity contribution in [3.63, 3.8) is 0 Å². The first-order valence-corrected chi connectivity index (χ1v) is 6.20. The predicted molar refractivity (Wildman–Crippen MR) is 92.5 cm³/mol. The Kier molecular flexibility index (Phi) is 5.54. The van der Waals surface area contributed by atoms with Gasteiger partial charge in [0.25, 0.3) is 5.91 Å². The molecule has 0 bridgehead atoms. The van der Waals surface area contributed by atoms with Gasteiger partial charge in [0, 0.05) is 5.56 Å². The van der Waals surface area contributed by atoms with E-state index in [2.05, 4.69) is 4.99 Å². The minimum atomic E-state index is -0.462. The van der Waals surface area contributed by atoms with Crippen molar-refractivity contribution >= 4 is 36.7 Å². The summed E-state index contributed by atoms with van der Waals surface area (Å²) in [5.74, 6) is -0.709. The number of halogens is 2. The Hall–Kier alpha value is -2.08. The molecular formula is C15H16Cl2N4O. The highest BCUT2D eigenvalue weighted by Gasteiger charge is 2.26. The van der Waals surface area contributed by atoms with Gasteiger partial charge in [-0.25, -0.2) is 0 Å². The molecule has 0 aromatic heterocycles. The van der Waals surface area contributed by atoms with E-state index in [-0.39, 0.29) is 36.8 Å². The largest absolute Gasteiger partial charge is 0.370 e. The molecule has 0 saturated carbocycles. The molecule has 1 amide bonds. The van der Waals surface area contributed by atoms with Gasteiger partial charge in [-0.3, -0.25) is 4.79 Å². The zero-order chi connectivity index (χ0) is 14.3. The zero-order valence-electron chi connectivity index (χ0n) is 11.5. The second-order valence-corrected chi connectivity index (χ2v) is 4.71. The third-order valence-corrected chi connectivity index (χ3v) is 3.45. The van der Waals surface area contributed by atoms with Gasteiger partial charge < -0.3 is 17.2 Å². The third kappa shape index (κ3) is 2.92. The van der Waals surface area contributed by atoms with Crippen LogP contribution < -0.4 is 17.2 Å². The van der Waals surface area contributed by atoms with Gasteiger partial charge in [-0.1, -0.05) is 30.3 Å². The van der Waals surface area contributed by atoms with E-state index < -0.39 is 5.91 Å². The average molecular weight is 339 g/mol. The van der Waals surface area contributed by atoms with E-state index in [1.54, 1.807) is 12.1 Å². The SMILES string of the molecule is Cl.Cl.NC(N)=NC(=O)c1ccc2c(c1)C(N)c1ccccc1-2. The summed E-state index contributed by atoms with van der Waals surface area (Å²) in [5, 5.41) is 0. The van der Waals surface area contributed by atoms with E-state index in [0.29, 0.717) is 5.56 Å². The molecule has 2 aromatic rings. The van der Waals surface area contributed by atoms with E-state index in [1.165, 1.54) is 0 Å². The van der Waals surface area contributed by atoms with Crippen molar-refractivity contribution in [3.05, 3.63) is 59.2 Å². The smallest absolute Gasteiger partial charge is 0.280 e. The summed E-state index contributed by atoms with van der Waals surface area (Å²) in [4.78, 5) is 15.4. The maximum Gasteiger partial charge on any atom is 0.280 e. The molecule has 1 atom stereocenters. The molecule has 0 saturated heterocycles. The summed E-state index contributed by atoms with van der Waals surface area (Å²) < 4.78 is 0. The van der Waals surface area contributed by atoms with E-state index in [0.717, 1.165) is 22.3 Å². The van der Waals surface area contributed by atoms with E-state index in [4.69, 9.17) is 17.2 Å². The lowest BCUT2D eigenvalue weighted by Gasteiger charge is -2.07. The molecule has 2 aromatic carbocycles. The second-order valence-electron chi connectivity index (χ2n) is 4.71. The Labute approximate surface area is 140 Å². The van der Waals surface area contributed by atoms with Crippen molar-refractivity contribution in [2.45, 2.75) is 6.04 Å². The van der Waals surface area contributed by atoms with Gasteiger partial charge in [-0.2, -0.15) is 4.99 Å². The number of carbonyl (C=O) groups is 1. The van der Waals surface area contributed by atoms with E-state index >= 15 is 0 Å². The molecule has 1 aliphatic carbocycles. The monoisotopic (exact) mass is 338 g/mol. The summed E-state index contributed by atoms with van der Waals surface area (Å²) in [7, 11) is 0. The first-order chi connectivity index (χ1) is 9.58. The maximum absolute atomic E-state index is 11.8. The van der Waals surface area contributed by atoms with Gasteiger partial charge in [0.1, 0.15) is 0 Å². The molecule has 0 aliphatic heterocycles. The van der Waals surface area contributed by atoms with Crippen molar-refractivity contribution in [3.8, 4) is 11.1 Å². The molecule has 1 aliphatic rings. The van der Waals surface area contributed by atoms with Crippen LogP contribution in [0.1, 0.15) is 27.5 Å². The van der Waals surface area contributed by atoms with Crippen molar-refractivity contribution in [1.29, 1.82) is 0 Å². The number of hydrogen-bond donors (Lipinski definition) is 3. The van der Waals surface area contributed by atoms with Gasteiger partial charge in [-0.05, 0) is 34.4 Å². The van der Waals surface area contributed by atoms with Crippen LogP contribution in [0.2, 0.25) is 0 Å². The molecule has 5 nitrogen and oxygen atoms in total. The molecular weight excluding hydrogens is 323 g/mol.